The van der Waals surface area contributed by atoms with Crippen molar-refractivity contribution < 1.29 is 14.3 Å². The number of aromatic hydroxyl groups is 1. The SMILES string of the molecule is CC(=O)N/N=C/c1cc(C#Cc2ccc(N3CCCC3)cc2)cc(F)c1O. The first kappa shape index (κ1) is 18.5. The molecule has 138 valence electrons. The number of carbonyl (C=O) groups excluding carboxylic acids is 1. The van der Waals surface area contributed by atoms with Gasteiger partial charge in [0.2, 0.25) is 5.91 Å². The minimum absolute atomic E-state index is 0.137. The van der Waals surface area contributed by atoms with E-state index in [2.05, 4.69) is 27.3 Å². The molecule has 0 bridgehead atoms. The Balaban J connectivity index is 1.78. The summed E-state index contributed by atoms with van der Waals surface area (Å²) >= 11 is 0. The monoisotopic (exact) mass is 365 g/mol. The Morgan fingerprint density at radius 3 is 2.52 bits per heavy atom. The van der Waals surface area contributed by atoms with E-state index in [1.165, 1.54) is 37.7 Å². The molecule has 2 N–H and O–H groups in total. The van der Waals surface area contributed by atoms with Crippen molar-refractivity contribution in [3.8, 4) is 17.6 Å². The maximum absolute atomic E-state index is 13.9. The van der Waals surface area contributed by atoms with Crippen LogP contribution in [0.3, 0.4) is 0 Å². The largest absolute Gasteiger partial charge is 0.504 e. The molecule has 1 aliphatic heterocycles. The number of anilines is 1. The topological polar surface area (TPSA) is 64.9 Å². The highest BCUT2D eigenvalue weighted by molar-refractivity contribution is 5.85. The van der Waals surface area contributed by atoms with E-state index in [0.717, 1.165) is 24.7 Å². The molecule has 2 aromatic rings. The lowest BCUT2D eigenvalue weighted by molar-refractivity contribution is -0.118. The summed E-state index contributed by atoms with van der Waals surface area (Å²) < 4.78 is 13.9. The molecule has 0 atom stereocenters. The maximum Gasteiger partial charge on any atom is 0.236 e. The average molecular weight is 365 g/mol. The molecule has 1 fully saturated rings. The molecule has 0 spiro atoms. The summed E-state index contributed by atoms with van der Waals surface area (Å²) in [4.78, 5) is 13.2. The number of carbonyl (C=O) groups is 1. The van der Waals surface area contributed by atoms with Gasteiger partial charge in [-0.1, -0.05) is 11.8 Å². The lowest BCUT2D eigenvalue weighted by atomic mass is 10.1. The van der Waals surface area contributed by atoms with E-state index in [1.807, 2.05) is 24.3 Å². The molecule has 3 rings (SSSR count). The molecule has 0 unspecified atom stereocenters. The number of amides is 1. The fourth-order valence-electron chi connectivity index (χ4n) is 2.86. The fraction of sp³-hybridized carbons (Fsp3) is 0.238. The van der Waals surface area contributed by atoms with Gasteiger partial charge in [-0.3, -0.25) is 4.79 Å². The third-order valence-electron chi connectivity index (χ3n) is 4.21. The number of hydrogen-bond donors (Lipinski definition) is 2. The summed E-state index contributed by atoms with van der Waals surface area (Å²) in [6, 6.07) is 10.6. The van der Waals surface area contributed by atoms with Crippen LogP contribution in [-0.2, 0) is 4.79 Å². The van der Waals surface area contributed by atoms with Crippen LogP contribution < -0.4 is 10.3 Å². The summed E-state index contributed by atoms with van der Waals surface area (Å²) in [7, 11) is 0. The van der Waals surface area contributed by atoms with Crippen LogP contribution in [0.4, 0.5) is 10.1 Å². The second-order valence-corrected chi connectivity index (χ2v) is 6.31. The third-order valence-corrected chi connectivity index (χ3v) is 4.21. The molecule has 0 radical (unpaired) electrons. The second kappa shape index (κ2) is 8.37. The van der Waals surface area contributed by atoms with Crippen molar-refractivity contribution in [2.75, 3.05) is 18.0 Å². The summed E-state index contributed by atoms with van der Waals surface area (Å²) in [5.74, 6) is 4.19. The first-order valence-corrected chi connectivity index (χ1v) is 8.72. The van der Waals surface area contributed by atoms with Crippen LogP contribution in [0.1, 0.15) is 36.5 Å². The van der Waals surface area contributed by atoms with Gasteiger partial charge in [-0.15, -0.1) is 0 Å². The molecular weight excluding hydrogens is 345 g/mol. The van der Waals surface area contributed by atoms with Gasteiger partial charge in [0, 0.05) is 42.4 Å². The Bertz CT molecular complexity index is 921. The zero-order chi connectivity index (χ0) is 19.2. The smallest absolute Gasteiger partial charge is 0.236 e. The predicted octanol–water partition coefficient (Wildman–Crippen LogP) is 3.00. The van der Waals surface area contributed by atoms with Gasteiger partial charge in [-0.05, 0) is 49.2 Å². The predicted molar refractivity (Wildman–Crippen MR) is 103 cm³/mol. The Hall–Kier alpha value is -3.33. The number of benzene rings is 2. The molecule has 0 aromatic heterocycles. The van der Waals surface area contributed by atoms with Crippen molar-refractivity contribution in [1.29, 1.82) is 0 Å². The minimum atomic E-state index is -0.796. The molecule has 0 saturated carbocycles. The third kappa shape index (κ3) is 4.85. The summed E-state index contributed by atoms with van der Waals surface area (Å²) in [6.45, 7) is 3.47. The summed E-state index contributed by atoms with van der Waals surface area (Å²) in [6.07, 6.45) is 3.62. The van der Waals surface area contributed by atoms with Crippen LogP contribution >= 0.6 is 0 Å². The number of phenols is 1. The molecule has 5 nitrogen and oxygen atoms in total. The van der Waals surface area contributed by atoms with Gasteiger partial charge in [-0.2, -0.15) is 5.10 Å². The van der Waals surface area contributed by atoms with E-state index < -0.39 is 11.6 Å². The Kier molecular flexibility index (Phi) is 5.72. The number of hydrogen-bond acceptors (Lipinski definition) is 4. The highest BCUT2D eigenvalue weighted by Gasteiger charge is 2.11. The van der Waals surface area contributed by atoms with Gasteiger partial charge in [0.1, 0.15) is 0 Å². The van der Waals surface area contributed by atoms with Gasteiger partial charge in [-0.25, -0.2) is 9.82 Å². The van der Waals surface area contributed by atoms with Crippen LogP contribution in [0, 0.1) is 17.7 Å². The molecule has 2 aromatic carbocycles. The first-order chi connectivity index (χ1) is 13.0. The number of halogens is 1. The average Bonchev–Trinajstić information content (AvgIpc) is 3.18. The van der Waals surface area contributed by atoms with E-state index in [0.29, 0.717) is 5.56 Å². The lowest BCUT2D eigenvalue weighted by Crippen LogP contribution is -2.17. The van der Waals surface area contributed by atoms with E-state index >= 15 is 0 Å². The maximum atomic E-state index is 13.9. The summed E-state index contributed by atoms with van der Waals surface area (Å²) in [5.41, 5.74) is 4.75. The Morgan fingerprint density at radius 1 is 1.19 bits per heavy atom. The highest BCUT2D eigenvalue weighted by Crippen LogP contribution is 2.22. The van der Waals surface area contributed by atoms with Crippen molar-refractivity contribution in [2.45, 2.75) is 19.8 Å². The van der Waals surface area contributed by atoms with E-state index in [1.54, 1.807) is 0 Å². The fourth-order valence-corrected chi connectivity index (χ4v) is 2.86. The number of rotatable bonds is 3. The zero-order valence-electron chi connectivity index (χ0n) is 15.0. The van der Waals surface area contributed by atoms with Crippen molar-refractivity contribution >= 4 is 17.8 Å². The highest BCUT2D eigenvalue weighted by atomic mass is 19.1. The van der Waals surface area contributed by atoms with Gasteiger partial charge in [0.15, 0.2) is 11.6 Å². The Morgan fingerprint density at radius 2 is 1.85 bits per heavy atom. The van der Waals surface area contributed by atoms with Gasteiger partial charge in [0.05, 0.1) is 6.21 Å². The van der Waals surface area contributed by atoms with Crippen molar-refractivity contribution in [3.05, 3.63) is 58.9 Å². The quantitative estimate of drug-likeness (QED) is 0.499. The molecule has 1 amide bonds. The van der Waals surface area contributed by atoms with Crippen molar-refractivity contribution in [1.82, 2.24) is 5.43 Å². The van der Waals surface area contributed by atoms with Gasteiger partial charge >= 0.3 is 0 Å². The normalized spacial score (nSPS) is 13.5. The van der Waals surface area contributed by atoms with Gasteiger partial charge in [0.25, 0.3) is 0 Å². The minimum Gasteiger partial charge on any atom is -0.504 e. The number of nitrogens with zero attached hydrogens (tertiary/aromatic N) is 2. The molecule has 1 heterocycles. The molecule has 1 aliphatic rings. The molecule has 0 aliphatic carbocycles. The number of hydrazone groups is 1. The van der Waals surface area contributed by atoms with Crippen LogP contribution in [0.5, 0.6) is 5.75 Å². The molecule has 1 saturated heterocycles. The van der Waals surface area contributed by atoms with Crippen LogP contribution in [0.15, 0.2) is 41.5 Å². The molecule has 6 heteroatoms. The van der Waals surface area contributed by atoms with E-state index in [9.17, 15) is 14.3 Å². The first-order valence-electron chi connectivity index (χ1n) is 8.72. The Labute approximate surface area is 157 Å². The number of phenolic OH excluding ortho intramolecular Hbond substituents is 1. The molecular formula is C21H20FN3O2. The summed E-state index contributed by atoms with van der Waals surface area (Å²) in [5, 5.41) is 13.4. The zero-order valence-corrected chi connectivity index (χ0v) is 15.0. The molecule has 27 heavy (non-hydrogen) atoms. The van der Waals surface area contributed by atoms with Crippen LogP contribution in [0.25, 0.3) is 0 Å². The van der Waals surface area contributed by atoms with Crippen molar-refractivity contribution in [2.24, 2.45) is 5.10 Å². The number of nitrogens with one attached hydrogen (secondary N) is 1. The standard InChI is InChI=1S/C21H20FN3O2/c1-15(26)24-23-14-18-12-17(13-20(22)21(18)27)5-4-16-6-8-19(9-7-16)25-10-2-3-11-25/h6-9,12-14,27H,2-3,10-11H2,1H3,(H,24,26)/b23-14+. The van der Waals surface area contributed by atoms with Crippen molar-refractivity contribution in [3.63, 3.8) is 0 Å². The lowest BCUT2D eigenvalue weighted by Gasteiger charge is -2.17. The second-order valence-electron chi connectivity index (χ2n) is 6.31. The van der Waals surface area contributed by atoms with E-state index in [4.69, 9.17) is 0 Å². The van der Waals surface area contributed by atoms with Crippen LogP contribution in [0.2, 0.25) is 0 Å². The van der Waals surface area contributed by atoms with Gasteiger partial charge < -0.3 is 10.0 Å². The van der Waals surface area contributed by atoms with Crippen LogP contribution in [-0.4, -0.2) is 30.3 Å². The van der Waals surface area contributed by atoms with E-state index in [-0.39, 0.29) is 11.5 Å².